The molecule has 0 amide bonds. The molecule has 0 bridgehead atoms. The van der Waals surface area contributed by atoms with Gasteiger partial charge in [0.2, 0.25) is 0 Å². The summed E-state index contributed by atoms with van der Waals surface area (Å²) in [5.74, 6) is 1.02. The second-order valence-corrected chi connectivity index (χ2v) is 30.0. The number of para-hydroxylation sites is 1. The summed E-state index contributed by atoms with van der Waals surface area (Å²) in [5.41, 5.74) is 20.8. The van der Waals surface area contributed by atoms with E-state index in [1.165, 1.54) is 115 Å². The lowest BCUT2D eigenvalue weighted by molar-refractivity contribution is 0.595. The molecule has 0 spiro atoms. The molecule has 0 saturated heterocycles. The summed E-state index contributed by atoms with van der Waals surface area (Å²) in [4.78, 5) is 0. The highest BCUT2D eigenvalue weighted by molar-refractivity contribution is 7.05. The first-order valence-corrected chi connectivity index (χ1v) is 30.1. The lowest BCUT2D eigenvalue weighted by Gasteiger charge is -2.24. The average Bonchev–Trinajstić information content (AvgIpc) is 4.09. The van der Waals surface area contributed by atoms with Gasteiger partial charge in [0, 0.05) is 27.1 Å². The van der Waals surface area contributed by atoms with Crippen molar-refractivity contribution in [1.29, 1.82) is 0 Å². The highest BCUT2D eigenvalue weighted by Gasteiger charge is 2.47. The number of hydrogen-bond acceptors (Lipinski definition) is 2. The SMILES string of the molecule is CC1(C)c2cc3c(cc2-c2cc4c(cc21)-c1c(cc(-c2cccc5oc6ccccc6c25)c2ccccc12)[Si]4(C)C)[Si](C)(C)c1cc(-c2cccc4oc5c(c24)CCC=C5)c2ccccc2c1-3. The molecule has 2 aromatic heterocycles. The maximum atomic E-state index is 6.49. The van der Waals surface area contributed by atoms with Crippen molar-refractivity contribution in [2.75, 3.05) is 0 Å². The maximum Gasteiger partial charge on any atom is 0.136 e. The number of hydrogen-bond donors (Lipinski definition) is 0. The number of benzene rings is 9. The Balaban J connectivity index is 0.917. The van der Waals surface area contributed by atoms with Gasteiger partial charge in [0.25, 0.3) is 0 Å². The van der Waals surface area contributed by atoms with Crippen LogP contribution < -0.4 is 20.7 Å². The van der Waals surface area contributed by atoms with E-state index < -0.39 is 16.1 Å². The van der Waals surface area contributed by atoms with Crippen molar-refractivity contribution in [1.82, 2.24) is 0 Å². The second kappa shape index (κ2) is 12.7. The topological polar surface area (TPSA) is 26.3 Å². The minimum Gasteiger partial charge on any atom is -0.456 e. The Morgan fingerprint density at radius 1 is 0.418 bits per heavy atom. The molecule has 320 valence electrons. The standard InChI is InChI=1S/C63H48O2Si2/c1-63(2)49-29-47-55(66(3,4)57-31-43(35-17-7-9-19-37(35)61(47)57)39-23-15-27-53-59(39)41-21-11-13-25-51(41)64-53)33-45(49)46-34-56-48(30-50(46)63)62-38-20-10-8-18-36(38)44(32-58(62)67(56,5)6)40-24-16-28-54-60(40)42-22-12-14-26-52(42)65-54/h7-11,13-21,23-34H,12,22H2,1-6H3. The Hall–Kier alpha value is -6.99. The summed E-state index contributed by atoms with van der Waals surface area (Å²) >= 11 is 0. The molecular weight excluding hydrogens is 845 g/mol. The number of aryl methyl sites for hydroxylation is 1. The van der Waals surface area contributed by atoms with Gasteiger partial charge in [-0.25, -0.2) is 0 Å². The van der Waals surface area contributed by atoms with Crippen LogP contribution in [-0.4, -0.2) is 16.1 Å². The van der Waals surface area contributed by atoms with Gasteiger partial charge in [0.15, 0.2) is 0 Å². The summed E-state index contributed by atoms with van der Waals surface area (Å²) in [6.45, 7) is 15.3. The van der Waals surface area contributed by atoms with E-state index in [1.54, 1.807) is 15.6 Å². The molecular formula is C63H48O2Si2. The number of furan rings is 2. The van der Waals surface area contributed by atoms with E-state index in [9.17, 15) is 0 Å². The van der Waals surface area contributed by atoms with Crippen LogP contribution in [0.5, 0.6) is 0 Å². The van der Waals surface area contributed by atoms with E-state index in [4.69, 9.17) is 8.83 Å². The van der Waals surface area contributed by atoms with Crippen LogP contribution in [-0.2, 0) is 11.8 Å². The van der Waals surface area contributed by atoms with E-state index in [0.29, 0.717) is 0 Å². The largest absolute Gasteiger partial charge is 0.456 e. The summed E-state index contributed by atoms with van der Waals surface area (Å²) < 4.78 is 12.9. The van der Waals surface area contributed by atoms with Crippen molar-refractivity contribution in [3.05, 3.63) is 174 Å². The van der Waals surface area contributed by atoms with Crippen LogP contribution in [0.25, 0.3) is 116 Å². The van der Waals surface area contributed by atoms with Gasteiger partial charge >= 0.3 is 0 Å². The lowest BCUT2D eigenvalue weighted by Crippen LogP contribution is -2.49. The normalized spacial score (nSPS) is 16.4. The van der Waals surface area contributed by atoms with Gasteiger partial charge in [-0.3, -0.25) is 0 Å². The Labute approximate surface area is 392 Å². The van der Waals surface area contributed by atoms with E-state index >= 15 is 0 Å². The fourth-order valence-electron chi connectivity index (χ4n) is 13.6. The minimum absolute atomic E-state index is 0.175. The van der Waals surface area contributed by atoms with Crippen LogP contribution >= 0.6 is 0 Å². The van der Waals surface area contributed by atoms with Crippen molar-refractivity contribution in [3.8, 4) is 55.6 Å². The van der Waals surface area contributed by atoms with Gasteiger partial charge in [-0.15, -0.1) is 0 Å². The smallest absolute Gasteiger partial charge is 0.136 e. The molecule has 4 heterocycles. The molecule has 0 unspecified atom stereocenters. The Morgan fingerprint density at radius 3 is 1.48 bits per heavy atom. The van der Waals surface area contributed by atoms with Crippen molar-refractivity contribution < 1.29 is 8.83 Å². The zero-order valence-corrected chi connectivity index (χ0v) is 40.7. The van der Waals surface area contributed by atoms with Crippen LogP contribution in [0.4, 0.5) is 0 Å². The fourth-order valence-corrected chi connectivity index (χ4v) is 19.7. The Morgan fingerprint density at radius 2 is 0.896 bits per heavy atom. The molecule has 9 aromatic carbocycles. The van der Waals surface area contributed by atoms with Gasteiger partial charge in [-0.2, -0.15) is 0 Å². The fraction of sp³-hybridized carbons (Fsp3) is 0.143. The predicted octanol–water partition coefficient (Wildman–Crippen LogP) is 14.8. The van der Waals surface area contributed by atoms with Crippen LogP contribution in [0.3, 0.4) is 0 Å². The van der Waals surface area contributed by atoms with Gasteiger partial charge in [-0.05, 0) is 158 Å². The van der Waals surface area contributed by atoms with Crippen molar-refractivity contribution in [3.63, 3.8) is 0 Å². The summed E-state index contributed by atoms with van der Waals surface area (Å²) in [7, 11) is -4.38. The molecule has 2 aliphatic carbocycles. The van der Waals surface area contributed by atoms with Gasteiger partial charge in [-0.1, -0.05) is 161 Å². The third-order valence-electron chi connectivity index (χ3n) is 16.9. The summed E-state index contributed by atoms with van der Waals surface area (Å²) in [5, 5.41) is 15.2. The van der Waals surface area contributed by atoms with E-state index in [0.717, 1.165) is 35.4 Å². The Bertz CT molecular complexity index is 4130. The molecule has 0 radical (unpaired) electrons. The minimum atomic E-state index is -2.20. The predicted molar refractivity (Wildman–Crippen MR) is 289 cm³/mol. The first kappa shape index (κ1) is 38.2. The highest BCUT2D eigenvalue weighted by Crippen LogP contribution is 2.54. The quantitative estimate of drug-likeness (QED) is 0.162. The number of fused-ring (bicyclic) bond motifs is 19. The monoisotopic (exact) mass is 892 g/mol. The zero-order chi connectivity index (χ0) is 44.9. The van der Waals surface area contributed by atoms with Crippen LogP contribution in [0.2, 0.25) is 26.2 Å². The van der Waals surface area contributed by atoms with Crippen LogP contribution in [0, 0.1) is 0 Å². The summed E-state index contributed by atoms with van der Waals surface area (Å²) in [6, 6.07) is 55.9. The molecule has 0 fully saturated rings. The third kappa shape index (κ3) is 4.75. The average molecular weight is 893 g/mol. The van der Waals surface area contributed by atoms with Crippen molar-refractivity contribution in [2.45, 2.75) is 58.3 Å². The van der Waals surface area contributed by atoms with Crippen molar-refractivity contribution in [2.24, 2.45) is 0 Å². The van der Waals surface area contributed by atoms with Gasteiger partial charge in [0.1, 0.15) is 38.7 Å². The first-order chi connectivity index (χ1) is 32.5. The van der Waals surface area contributed by atoms with E-state index in [2.05, 4.69) is 198 Å². The first-order valence-electron chi connectivity index (χ1n) is 24.1. The van der Waals surface area contributed by atoms with E-state index in [-0.39, 0.29) is 5.41 Å². The molecule has 0 N–H and O–H groups in total. The molecule has 0 saturated carbocycles. The number of rotatable bonds is 2. The molecule has 0 atom stereocenters. The molecule has 2 aliphatic heterocycles. The zero-order valence-electron chi connectivity index (χ0n) is 38.7. The molecule has 2 nitrogen and oxygen atoms in total. The lowest BCUT2D eigenvalue weighted by atomic mass is 9.80. The molecule has 67 heavy (non-hydrogen) atoms. The van der Waals surface area contributed by atoms with Gasteiger partial charge in [0.05, 0.1) is 0 Å². The third-order valence-corrected chi connectivity index (χ3v) is 23.9. The molecule has 11 aromatic rings. The summed E-state index contributed by atoms with van der Waals surface area (Å²) in [6.07, 6.45) is 6.49. The highest BCUT2D eigenvalue weighted by atomic mass is 28.3. The van der Waals surface area contributed by atoms with Crippen molar-refractivity contribution >= 4 is 97.4 Å². The van der Waals surface area contributed by atoms with Gasteiger partial charge < -0.3 is 8.83 Å². The second-order valence-electron chi connectivity index (χ2n) is 21.4. The molecule has 4 heteroatoms. The van der Waals surface area contributed by atoms with Crippen LogP contribution in [0.15, 0.2) is 161 Å². The molecule has 15 rings (SSSR count). The molecule has 4 aliphatic rings. The Kier molecular flexibility index (Phi) is 7.24. The maximum absolute atomic E-state index is 6.49. The number of allylic oxidation sites excluding steroid dienone is 1. The van der Waals surface area contributed by atoms with E-state index in [1.807, 2.05) is 0 Å². The van der Waals surface area contributed by atoms with Crippen LogP contribution in [0.1, 0.15) is 42.7 Å².